The summed E-state index contributed by atoms with van der Waals surface area (Å²) in [6, 6.07) is 0. The van der Waals surface area contributed by atoms with Crippen LogP contribution < -0.4 is 5.73 Å². The fourth-order valence-corrected chi connectivity index (χ4v) is 2.80. The summed E-state index contributed by atoms with van der Waals surface area (Å²) < 4.78 is 3.14. The normalized spacial score (nSPS) is 14.1. The molecule has 1 heterocycles. The number of rotatable bonds is 4. The Balaban J connectivity index is 2.98. The van der Waals surface area contributed by atoms with Gasteiger partial charge in [0.25, 0.3) is 0 Å². The first-order valence-corrected chi connectivity index (χ1v) is 7.00. The van der Waals surface area contributed by atoms with E-state index in [0.717, 1.165) is 23.0 Å². The van der Waals surface area contributed by atoms with Gasteiger partial charge in [-0.2, -0.15) is 5.10 Å². The van der Waals surface area contributed by atoms with Crippen LogP contribution in [0.2, 0.25) is 0 Å². The second kappa shape index (κ2) is 5.53. The first-order chi connectivity index (χ1) is 7.81. The fourth-order valence-electron chi connectivity index (χ4n) is 2.02. The minimum absolute atomic E-state index is 0.227. The predicted molar refractivity (Wildman–Crippen MR) is 76.0 cm³/mol. The van der Waals surface area contributed by atoms with Crippen molar-refractivity contribution >= 4 is 15.9 Å². The number of hydrogen-bond donors (Lipinski definition) is 1. The highest BCUT2D eigenvalue weighted by atomic mass is 79.9. The van der Waals surface area contributed by atoms with Gasteiger partial charge in [-0.3, -0.25) is 4.68 Å². The number of aromatic nitrogens is 2. The van der Waals surface area contributed by atoms with E-state index < -0.39 is 0 Å². The lowest BCUT2D eigenvalue weighted by molar-refractivity contribution is 0.242. The quantitative estimate of drug-likeness (QED) is 0.929. The molecule has 4 heteroatoms. The molecule has 0 bridgehead atoms. The Bertz CT molecular complexity index is 377. The summed E-state index contributed by atoms with van der Waals surface area (Å²) in [5, 5.41) is 4.53. The molecule has 0 radical (unpaired) electrons. The molecule has 0 aliphatic rings. The van der Waals surface area contributed by atoms with E-state index in [1.54, 1.807) is 0 Å². The maximum Gasteiger partial charge on any atom is 0.0766 e. The van der Waals surface area contributed by atoms with Crippen LogP contribution in [0.25, 0.3) is 0 Å². The van der Waals surface area contributed by atoms with Crippen molar-refractivity contribution in [2.45, 2.75) is 40.5 Å². The van der Waals surface area contributed by atoms with Crippen LogP contribution in [0.1, 0.15) is 39.1 Å². The molecule has 17 heavy (non-hydrogen) atoms. The van der Waals surface area contributed by atoms with E-state index in [-0.39, 0.29) is 5.41 Å². The van der Waals surface area contributed by atoms with E-state index in [1.807, 2.05) is 11.7 Å². The molecule has 1 unspecified atom stereocenters. The standard InChI is InChI=1S/C13H24BrN3/c1-6-10-12(14)11(17(5)16-10)7-9(8-15)13(2,3)4/h9H,6-8,15H2,1-5H3. The highest BCUT2D eigenvalue weighted by Crippen LogP contribution is 2.31. The molecule has 0 fully saturated rings. The maximum atomic E-state index is 5.90. The van der Waals surface area contributed by atoms with Crippen LogP contribution in [0.4, 0.5) is 0 Å². The van der Waals surface area contributed by atoms with Crippen molar-refractivity contribution in [1.82, 2.24) is 9.78 Å². The van der Waals surface area contributed by atoms with E-state index >= 15 is 0 Å². The molecule has 1 rings (SSSR count). The molecule has 1 aromatic rings. The fraction of sp³-hybridized carbons (Fsp3) is 0.769. The highest BCUT2D eigenvalue weighted by Gasteiger charge is 2.26. The van der Waals surface area contributed by atoms with Crippen molar-refractivity contribution in [1.29, 1.82) is 0 Å². The van der Waals surface area contributed by atoms with E-state index in [4.69, 9.17) is 5.73 Å². The highest BCUT2D eigenvalue weighted by molar-refractivity contribution is 9.10. The second-order valence-corrected chi connectivity index (χ2v) is 6.48. The minimum Gasteiger partial charge on any atom is -0.330 e. The van der Waals surface area contributed by atoms with Gasteiger partial charge in [0.1, 0.15) is 0 Å². The summed E-state index contributed by atoms with van der Waals surface area (Å²) in [5.74, 6) is 0.471. The molecular formula is C13H24BrN3. The lowest BCUT2D eigenvalue weighted by atomic mass is 9.78. The van der Waals surface area contributed by atoms with Crippen LogP contribution in [-0.4, -0.2) is 16.3 Å². The summed E-state index contributed by atoms with van der Waals surface area (Å²) in [7, 11) is 2.01. The van der Waals surface area contributed by atoms with Gasteiger partial charge in [-0.15, -0.1) is 0 Å². The van der Waals surface area contributed by atoms with Crippen LogP contribution in [0.5, 0.6) is 0 Å². The van der Waals surface area contributed by atoms with Crippen molar-refractivity contribution in [3.05, 3.63) is 15.9 Å². The molecule has 0 spiro atoms. The lowest BCUT2D eigenvalue weighted by Crippen LogP contribution is -2.30. The molecule has 1 aromatic heterocycles. The molecule has 0 saturated carbocycles. The van der Waals surface area contributed by atoms with Gasteiger partial charge in [0.05, 0.1) is 15.9 Å². The van der Waals surface area contributed by atoms with Crippen LogP contribution in [0.15, 0.2) is 4.47 Å². The number of hydrogen-bond acceptors (Lipinski definition) is 2. The number of aryl methyl sites for hydroxylation is 2. The van der Waals surface area contributed by atoms with Gasteiger partial charge in [-0.05, 0) is 46.6 Å². The van der Waals surface area contributed by atoms with Gasteiger partial charge in [0.2, 0.25) is 0 Å². The summed E-state index contributed by atoms with van der Waals surface area (Å²) in [6.45, 7) is 9.57. The van der Waals surface area contributed by atoms with Crippen molar-refractivity contribution in [3.63, 3.8) is 0 Å². The number of halogens is 1. The van der Waals surface area contributed by atoms with Gasteiger partial charge < -0.3 is 5.73 Å². The van der Waals surface area contributed by atoms with E-state index in [2.05, 4.69) is 48.7 Å². The van der Waals surface area contributed by atoms with Crippen LogP contribution >= 0.6 is 15.9 Å². The zero-order chi connectivity index (χ0) is 13.2. The maximum absolute atomic E-state index is 5.90. The molecule has 0 aliphatic carbocycles. The molecule has 1 atom stereocenters. The third-order valence-corrected chi connectivity index (χ3v) is 4.37. The third kappa shape index (κ3) is 3.32. The SMILES string of the molecule is CCc1nn(C)c(CC(CN)C(C)(C)C)c1Br. The second-order valence-electron chi connectivity index (χ2n) is 5.69. The Morgan fingerprint density at radius 3 is 2.35 bits per heavy atom. The smallest absolute Gasteiger partial charge is 0.0766 e. The minimum atomic E-state index is 0.227. The monoisotopic (exact) mass is 301 g/mol. The predicted octanol–water partition coefficient (Wildman–Crippen LogP) is 2.91. The van der Waals surface area contributed by atoms with Crippen molar-refractivity contribution in [2.24, 2.45) is 24.1 Å². The Morgan fingerprint density at radius 2 is 2.00 bits per heavy atom. The van der Waals surface area contributed by atoms with Crippen molar-refractivity contribution < 1.29 is 0 Å². The summed E-state index contributed by atoms with van der Waals surface area (Å²) in [5.41, 5.74) is 8.52. The molecule has 0 saturated heterocycles. The number of nitrogens with two attached hydrogens (primary N) is 1. The van der Waals surface area contributed by atoms with Gasteiger partial charge in [0, 0.05) is 7.05 Å². The van der Waals surface area contributed by atoms with Crippen LogP contribution in [-0.2, 0) is 19.9 Å². The average molecular weight is 302 g/mol. The summed E-state index contributed by atoms with van der Waals surface area (Å²) in [6.07, 6.45) is 1.93. The Hall–Kier alpha value is -0.350. The Morgan fingerprint density at radius 1 is 1.41 bits per heavy atom. The first-order valence-electron chi connectivity index (χ1n) is 6.21. The van der Waals surface area contributed by atoms with Gasteiger partial charge in [-0.25, -0.2) is 0 Å². The molecule has 0 aromatic carbocycles. The Kier molecular flexibility index (Phi) is 4.78. The van der Waals surface area contributed by atoms with Crippen LogP contribution in [0, 0.1) is 11.3 Å². The summed E-state index contributed by atoms with van der Waals surface area (Å²) >= 11 is 3.66. The zero-order valence-corrected chi connectivity index (χ0v) is 13.1. The first kappa shape index (κ1) is 14.7. The van der Waals surface area contributed by atoms with Gasteiger partial charge in [0.15, 0.2) is 0 Å². The molecule has 0 aliphatic heterocycles. The average Bonchev–Trinajstić information content (AvgIpc) is 2.49. The summed E-state index contributed by atoms with van der Waals surface area (Å²) in [4.78, 5) is 0. The topological polar surface area (TPSA) is 43.8 Å². The molecule has 2 N–H and O–H groups in total. The van der Waals surface area contributed by atoms with Crippen LogP contribution in [0.3, 0.4) is 0 Å². The Labute approximate surface area is 113 Å². The van der Waals surface area contributed by atoms with E-state index in [0.29, 0.717) is 12.5 Å². The largest absolute Gasteiger partial charge is 0.330 e. The zero-order valence-electron chi connectivity index (χ0n) is 11.5. The molecule has 98 valence electrons. The van der Waals surface area contributed by atoms with Crippen molar-refractivity contribution in [3.8, 4) is 0 Å². The third-order valence-electron chi connectivity index (χ3n) is 3.45. The van der Waals surface area contributed by atoms with E-state index in [1.165, 1.54) is 5.69 Å². The van der Waals surface area contributed by atoms with Crippen molar-refractivity contribution in [2.75, 3.05) is 6.54 Å². The number of nitrogens with zero attached hydrogens (tertiary/aromatic N) is 2. The van der Waals surface area contributed by atoms with Gasteiger partial charge >= 0.3 is 0 Å². The molecular weight excluding hydrogens is 278 g/mol. The van der Waals surface area contributed by atoms with E-state index in [9.17, 15) is 0 Å². The van der Waals surface area contributed by atoms with Gasteiger partial charge in [-0.1, -0.05) is 27.7 Å². The molecule has 3 nitrogen and oxygen atoms in total. The lowest BCUT2D eigenvalue weighted by Gasteiger charge is -2.29. The molecule has 0 amide bonds.